The van der Waals surface area contributed by atoms with Gasteiger partial charge in [0.05, 0.1) is 0 Å². The smallest absolute Gasteiger partial charge is 0.132 e. The third-order valence-corrected chi connectivity index (χ3v) is 2.97. The van der Waals surface area contributed by atoms with Gasteiger partial charge >= 0.3 is 0 Å². The highest BCUT2D eigenvalue weighted by Crippen LogP contribution is 2.27. The lowest BCUT2D eigenvalue weighted by Gasteiger charge is -2.02. The van der Waals surface area contributed by atoms with E-state index in [-0.39, 0.29) is 5.82 Å². The number of benzene rings is 1. The summed E-state index contributed by atoms with van der Waals surface area (Å²) in [4.78, 5) is 3.35. The minimum absolute atomic E-state index is 0.0976. The van der Waals surface area contributed by atoms with Crippen LogP contribution in [0.2, 0.25) is 0 Å². The lowest BCUT2D eigenvalue weighted by molar-refractivity contribution is 0.638. The van der Waals surface area contributed by atoms with Gasteiger partial charge in [-0.1, -0.05) is 32.8 Å². The molecule has 0 spiro atoms. The van der Waals surface area contributed by atoms with Crippen molar-refractivity contribution in [2.24, 2.45) is 0 Å². The highest BCUT2D eigenvalue weighted by Gasteiger charge is 2.13. The molecule has 1 N–H and O–H groups in total. The first-order chi connectivity index (χ1) is 7.77. The van der Waals surface area contributed by atoms with Gasteiger partial charge in [-0.25, -0.2) is 4.39 Å². The van der Waals surface area contributed by atoms with E-state index in [1.54, 1.807) is 12.1 Å². The van der Waals surface area contributed by atoms with E-state index in [1.165, 1.54) is 11.3 Å². The molecule has 0 aliphatic carbocycles. The van der Waals surface area contributed by atoms with E-state index in [9.17, 15) is 4.39 Å². The summed E-state index contributed by atoms with van der Waals surface area (Å²) in [5.74, 6) is -0.0976. The lowest BCUT2D eigenvalue weighted by Crippen LogP contribution is -1.91. The van der Waals surface area contributed by atoms with Crippen molar-refractivity contribution in [2.45, 2.75) is 39.5 Å². The van der Waals surface area contributed by atoms with Crippen LogP contribution >= 0.6 is 0 Å². The van der Waals surface area contributed by atoms with E-state index in [0.29, 0.717) is 0 Å². The van der Waals surface area contributed by atoms with Gasteiger partial charge in [-0.3, -0.25) is 0 Å². The van der Waals surface area contributed by atoms with Crippen LogP contribution in [0.5, 0.6) is 0 Å². The first kappa shape index (κ1) is 11.2. The Bertz CT molecular complexity index is 485. The van der Waals surface area contributed by atoms with Gasteiger partial charge in [-0.05, 0) is 30.5 Å². The molecule has 0 aliphatic rings. The van der Waals surface area contributed by atoms with Crippen molar-refractivity contribution < 1.29 is 4.39 Å². The van der Waals surface area contributed by atoms with Crippen LogP contribution in [-0.4, -0.2) is 4.98 Å². The Labute approximate surface area is 95.7 Å². The number of aromatic amines is 1. The maximum Gasteiger partial charge on any atom is 0.132 e. The second kappa shape index (κ2) is 4.69. The molecule has 16 heavy (non-hydrogen) atoms. The Balaban J connectivity index is 2.62. The van der Waals surface area contributed by atoms with E-state index in [1.807, 2.05) is 6.07 Å². The van der Waals surface area contributed by atoms with E-state index < -0.39 is 0 Å². The van der Waals surface area contributed by atoms with Crippen LogP contribution < -0.4 is 0 Å². The molecule has 0 saturated carbocycles. The largest absolute Gasteiger partial charge is 0.358 e. The van der Waals surface area contributed by atoms with Crippen molar-refractivity contribution in [3.05, 3.63) is 35.3 Å². The molecule has 0 fully saturated rings. The molecule has 1 aromatic carbocycles. The molecule has 2 heteroatoms. The molecule has 0 amide bonds. The fourth-order valence-electron chi connectivity index (χ4n) is 2.31. The van der Waals surface area contributed by atoms with Crippen molar-refractivity contribution >= 4 is 10.9 Å². The van der Waals surface area contributed by atoms with Gasteiger partial charge in [-0.15, -0.1) is 0 Å². The Morgan fingerprint density at radius 1 is 1.12 bits per heavy atom. The second-order valence-electron chi connectivity index (χ2n) is 4.24. The zero-order valence-corrected chi connectivity index (χ0v) is 9.94. The van der Waals surface area contributed by atoms with Crippen LogP contribution in [0.25, 0.3) is 10.9 Å². The van der Waals surface area contributed by atoms with Crippen LogP contribution in [0.15, 0.2) is 18.2 Å². The predicted octanol–water partition coefficient (Wildman–Crippen LogP) is 4.21. The fourth-order valence-corrected chi connectivity index (χ4v) is 2.31. The number of aryl methyl sites for hydroxylation is 2. The number of hydrogen-bond donors (Lipinski definition) is 1. The van der Waals surface area contributed by atoms with E-state index in [4.69, 9.17) is 0 Å². The SMILES string of the molecule is CCCc1[nH]c2cccc(F)c2c1CCC. The standard InChI is InChI=1S/C14H18FN/c1-3-6-10-12(7-4-2)16-13-9-5-8-11(15)14(10)13/h5,8-9,16H,3-4,6-7H2,1-2H3. The van der Waals surface area contributed by atoms with Gasteiger partial charge in [0.1, 0.15) is 5.82 Å². The Kier molecular flexibility index (Phi) is 3.28. The molecule has 1 aromatic heterocycles. The third kappa shape index (κ3) is 1.84. The van der Waals surface area contributed by atoms with Crippen molar-refractivity contribution in [1.82, 2.24) is 4.98 Å². The Hall–Kier alpha value is -1.31. The lowest BCUT2D eigenvalue weighted by atomic mass is 10.0. The molecule has 86 valence electrons. The van der Waals surface area contributed by atoms with Gasteiger partial charge in [0.15, 0.2) is 0 Å². The average molecular weight is 219 g/mol. The topological polar surface area (TPSA) is 15.8 Å². The zero-order chi connectivity index (χ0) is 11.5. The van der Waals surface area contributed by atoms with Crippen molar-refractivity contribution in [2.75, 3.05) is 0 Å². The van der Waals surface area contributed by atoms with Crippen molar-refractivity contribution in [3.63, 3.8) is 0 Å². The monoisotopic (exact) mass is 219 g/mol. The summed E-state index contributed by atoms with van der Waals surface area (Å²) < 4.78 is 13.8. The molecule has 2 aromatic rings. The third-order valence-electron chi connectivity index (χ3n) is 2.97. The van der Waals surface area contributed by atoms with Gasteiger partial charge in [0.25, 0.3) is 0 Å². The number of nitrogens with one attached hydrogen (secondary N) is 1. The van der Waals surface area contributed by atoms with Gasteiger partial charge < -0.3 is 4.98 Å². The van der Waals surface area contributed by atoms with Crippen LogP contribution in [-0.2, 0) is 12.8 Å². The molecular weight excluding hydrogens is 201 g/mol. The molecule has 0 saturated heterocycles. The molecule has 0 aliphatic heterocycles. The second-order valence-corrected chi connectivity index (χ2v) is 4.24. The first-order valence-electron chi connectivity index (χ1n) is 6.05. The van der Waals surface area contributed by atoms with Crippen LogP contribution in [0.3, 0.4) is 0 Å². The number of rotatable bonds is 4. The van der Waals surface area contributed by atoms with E-state index >= 15 is 0 Å². The number of H-pyrrole nitrogens is 1. The maximum absolute atomic E-state index is 13.8. The molecule has 1 nitrogen and oxygen atoms in total. The van der Waals surface area contributed by atoms with Crippen LogP contribution in [0.1, 0.15) is 37.9 Å². The van der Waals surface area contributed by atoms with Crippen molar-refractivity contribution in [3.8, 4) is 0 Å². The Morgan fingerprint density at radius 2 is 1.88 bits per heavy atom. The minimum atomic E-state index is -0.0976. The minimum Gasteiger partial charge on any atom is -0.358 e. The number of hydrogen-bond acceptors (Lipinski definition) is 0. The number of halogens is 1. The molecular formula is C14H18FN. The fraction of sp³-hybridized carbons (Fsp3) is 0.429. The summed E-state index contributed by atoms with van der Waals surface area (Å²) in [6.45, 7) is 4.28. The molecule has 0 unspecified atom stereocenters. The summed E-state index contributed by atoms with van der Waals surface area (Å²) in [6.07, 6.45) is 4.10. The molecule has 2 rings (SSSR count). The van der Waals surface area contributed by atoms with Gasteiger partial charge in [0.2, 0.25) is 0 Å². The summed E-state index contributed by atoms with van der Waals surface area (Å²) in [5.41, 5.74) is 3.33. The molecule has 1 heterocycles. The summed E-state index contributed by atoms with van der Waals surface area (Å²) in [5, 5.41) is 0.799. The zero-order valence-electron chi connectivity index (χ0n) is 9.94. The van der Waals surface area contributed by atoms with Gasteiger partial charge in [-0.2, -0.15) is 0 Å². The van der Waals surface area contributed by atoms with Gasteiger partial charge in [0, 0.05) is 16.6 Å². The van der Waals surface area contributed by atoms with E-state index in [0.717, 1.165) is 36.6 Å². The van der Waals surface area contributed by atoms with Crippen LogP contribution in [0.4, 0.5) is 4.39 Å². The van der Waals surface area contributed by atoms with E-state index in [2.05, 4.69) is 18.8 Å². The summed E-state index contributed by atoms with van der Waals surface area (Å²) in [7, 11) is 0. The summed E-state index contributed by atoms with van der Waals surface area (Å²) >= 11 is 0. The van der Waals surface area contributed by atoms with Crippen molar-refractivity contribution in [1.29, 1.82) is 0 Å². The van der Waals surface area contributed by atoms with Crippen LogP contribution in [0, 0.1) is 5.82 Å². The normalized spacial score (nSPS) is 11.2. The predicted molar refractivity (Wildman–Crippen MR) is 66.2 cm³/mol. The quantitative estimate of drug-likeness (QED) is 0.792. The maximum atomic E-state index is 13.8. The molecule has 0 bridgehead atoms. The molecule has 0 radical (unpaired) electrons. The summed E-state index contributed by atoms with van der Waals surface area (Å²) in [6, 6.07) is 5.27. The highest BCUT2D eigenvalue weighted by atomic mass is 19.1. The number of fused-ring (bicyclic) bond motifs is 1. The highest BCUT2D eigenvalue weighted by molar-refractivity contribution is 5.85. The average Bonchev–Trinajstić information content (AvgIpc) is 2.59. The first-order valence-corrected chi connectivity index (χ1v) is 6.05. The Morgan fingerprint density at radius 3 is 2.56 bits per heavy atom. The number of aromatic nitrogens is 1. The molecule has 0 atom stereocenters.